The van der Waals surface area contributed by atoms with E-state index in [0.29, 0.717) is 11.8 Å². The molecule has 2 aromatic rings. The van der Waals surface area contributed by atoms with Crippen molar-refractivity contribution in [3.63, 3.8) is 0 Å². The predicted molar refractivity (Wildman–Crippen MR) is 110 cm³/mol. The third-order valence-corrected chi connectivity index (χ3v) is 5.93. The summed E-state index contributed by atoms with van der Waals surface area (Å²) in [4.78, 5) is 26.3. The van der Waals surface area contributed by atoms with Gasteiger partial charge in [0.05, 0.1) is 11.5 Å². The van der Waals surface area contributed by atoms with E-state index in [1.807, 2.05) is 54.4 Å². The summed E-state index contributed by atoms with van der Waals surface area (Å²) >= 11 is 1.38. The fourth-order valence-corrected chi connectivity index (χ4v) is 4.21. The molecule has 0 bridgehead atoms. The van der Waals surface area contributed by atoms with Gasteiger partial charge in [-0.05, 0) is 35.7 Å². The lowest BCUT2D eigenvalue weighted by atomic mass is 9.94. The topological polar surface area (TPSA) is 49.4 Å². The highest BCUT2D eigenvalue weighted by molar-refractivity contribution is 8.00. The van der Waals surface area contributed by atoms with Crippen LogP contribution in [0, 0.1) is 0 Å². The first-order valence-corrected chi connectivity index (χ1v) is 10.4. The number of thioether (sulfide) groups is 1. The Labute approximate surface area is 159 Å². The van der Waals surface area contributed by atoms with E-state index in [1.54, 1.807) is 0 Å². The molecule has 1 aliphatic carbocycles. The third kappa shape index (κ3) is 5.01. The molecule has 0 saturated heterocycles. The van der Waals surface area contributed by atoms with Gasteiger partial charge in [-0.25, -0.2) is 0 Å². The molecular formula is C21H26N2O2S. The summed E-state index contributed by atoms with van der Waals surface area (Å²) in [6, 6.07) is 14.3. The van der Waals surface area contributed by atoms with Gasteiger partial charge in [0.1, 0.15) is 0 Å². The molecule has 1 N–H and O–H groups in total. The van der Waals surface area contributed by atoms with Crippen LogP contribution in [0.2, 0.25) is 0 Å². The molecule has 26 heavy (non-hydrogen) atoms. The van der Waals surface area contributed by atoms with Crippen LogP contribution in [0.4, 0.5) is 5.69 Å². The van der Waals surface area contributed by atoms with Gasteiger partial charge < -0.3 is 10.2 Å². The highest BCUT2D eigenvalue weighted by Gasteiger charge is 2.21. The molecule has 0 heterocycles. The Morgan fingerprint density at radius 2 is 1.77 bits per heavy atom. The van der Waals surface area contributed by atoms with Crippen LogP contribution in [0.1, 0.15) is 32.1 Å². The standard InChI is InChI=1S/C21H26N2O2S/c1-23(19-9-3-2-4-10-19)21(25)15-26-14-20(24)22-18-12-11-16-7-5-6-8-17(16)13-18/h5-8,11-13,19H,2-4,9-10,14-15H2,1H3,(H,22,24). The molecule has 0 aromatic heterocycles. The minimum atomic E-state index is -0.0709. The van der Waals surface area contributed by atoms with Gasteiger partial charge in [-0.15, -0.1) is 11.8 Å². The lowest BCUT2D eigenvalue weighted by Gasteiger charge is -2.31. The van der Waals surface area contributed by atoms with Gasteiger partial charge in [0.2, 0.25) is 11.8 Å². The number of hydrogen-bond acceptors (Lipinski definition) is 3. The number of anilines is 1. The van der Waals surface area contributed by atoms with Gasteiger partial charge in [-0.1, -0.05) is 49.6 Å². The zero-order valence-corrected chi connectivity index (χ0v) is 16.1. The van der Waals surface area contributed by atoms with E-state index in [0.717, 1.165) is 29.3 Å². The number of rotatable bonds is 6. The Kier molecular flexibility index (Phi) is 6.56. The van der Waals surface area contributed by atoms with Crippen LogP contribution >= 0.6 is 11.8 Å². The fraction of sp³-hybridized carbons (Fsp3) is 0.429. The molecule has 2 aromatic carbocycles. The van der Waals surface area contributed by atoms with Crippen LogP contribution in [0.25, 0.3) is 10.8 Å². The first-order valence-electron chi connectivity index (χ1n) is 9.25. The summed E-state index contributed by atoms with van der Waals surface area (Å²) in [7, 11) is 1.90. The Balaban J connectivity index is 1.43. The monoisotopic (exact) mass is 370 g/mol. The molecule has 4 nitrogen and oxygen atoms in total. The summed E-state index contributed by atoms with van der Waals surface area (Å²) < 4.78 is 0. The second-order valence-corrected chi connectivity index (χ2v) is 7.88. The van der Waals surface area contributed by atoms with E-state index in [4.69, 9.17) is 0 Å². The maximum absolute atomic E-state index is 12.3. The van der Waals surface area contributed by atoms with Crippen LogP contribution in [0.3, 0.4) is 0 Å². The smallest absolute Gasteiger partial charge is 0.234 e. The molecule has 3 rings (SSSR count). The number of benzene rings is 2. The van der Waals surface area contributed by atoms with E-state index in [2.05, 4.69) is 5.32 Å². The minimum Gasteiger partial charge on any atom is -0.342 e. The molecule has 1 saturated carbocycles. The molecule has 0 aliphatic heterocycles. The van der Waals surface area contributed by atoms with Crippen molar-refractivity contribution in [1.29, 1.82) is 0 Å². The van der Waals surface area contributed by atoms with Crippen molar-refractivity contribution in [2.24, 2.45) is 0 Å². The lowest BCUT2D eigenvalue weighted by molar-refractivity contribution is -0.129. The molecular weight excluding hydrogens is 344 g/mol. The molecule has 138 valence electrons. The predicted octanol–water partition coefficient (Wildman–Crippen LogP) is 4.30. The van der Waals surface area contributed by atoms with Gasteiger partial charge in [-0.3, -0.25) is 9.59 Å². The quantitative estimate of drug-likeness (QED) is 0.825. The average Bonchev–Trinajstić information content (AvgIpc) is 2.68. The van der Waals surface area contributed by atoms with E-state index in [9.17, 15) is 9.59 Å². The van der Waals surface area contributed by atoms with Gasteiger partial charge in [0.15, 0.2) is 0 Å². The number of hydrogen-bond donors (Lipinski definition) is 1. The summed E-state index contributed by atoms with van der Waals surface area (Å²) in [6.45, 7) is 0. The number of nitrogens with one attached hydrogen (secondary N) is 1. The Morgan fingerprint density at radius 3 is 2.54 bits per heavy atom. The number of nitrogens with zero attached hydrogens (tertiary/aromatic N) is 1. The maximum atomic E-state index is 12.3. The molecule has 0 atom stereocenters. The lowest BCUT2D eigenvalue weighted by Crippen LogP contribution is -2.39. The number of carbonyl (C=O) groups excluding carboxylic acids is 2. The molecule has 1 aliphatic rings. The van der Waals surface area contributed by atoms with Crippen molar-refractivity contribution in [1.82, 2.24) is 4.90 Å². The van der Waals surface area contributed by atoms with E-state index in [-0.39, 0.29) is 17.6 Å². The SMILES string of the molecule is CN(C(=O)CSCC(=O)Nc1ccc2ccccc2c1)C1CCCCC1. The Morgan fingerprint density at radius 1 is 1.04 bits per heavy atom. The molecule has 0 unspecified atom stereocenters. The molecule has 5 heteroatoms. The van der Waals surface area contributed by atoms with E-state index >= 15 is 0 Å². The second-order valence-electron chi connectivity index (χ2n) is 6.90. The average molecular weight is 371 g/mol. The van der Waals surface area contributed by atoms with Crippen molar-refractivity contribution >= 4 is 40.0 Å². The third-order valence-electron chi connectivity index (χ3n) is 5.01. The Bertz CT molecular complexity index is 771. The molecule has 0 spiro atoms. The van der Waals surface area contributed by atoms with Crippen LogP contribution in [0.15, 0.2) is 42.5 Å². The summed E-state index contributed by atoms with van der Waals surface area (Å²) in [5.41, 5.74) is 0.792. The van der Waals surface area contributed by atoms with Gasteiger partial charge in [0.25, 0.3) is 0 Å². The van der Waals surface area contributed by atoms with Crippen LogP contribution in [-0.2, 0) is 9.59 Å². The minimum absolute atomic E-state index is 0.0709. The first kappa shape index (κ1) is 18.8. The maximum Gasteiger partial charge on any atom is 0.234 e. The second kappa shape index (κ2) is 9.08. The van der Waals surface area contributed by atoms with Crippen LogP contribution in [0.5, 0.6) is 0 Å². The van der Waals surface area contributed by atoms with Gasteiger partial charge in [0, 0.05) is 18.8 Å². The normalized spacial score (nSPS) is 15.0. The van der Waals surface area contributed by atoms with Crippen molar-refractivity contribution in [3.8, 4) is 0 Å². The van der Waals surface area contributed by atoms with Gasteiger partial charge in [-0.2, -0.15) is 0 Å². The highest BCUT2D eigenvalue weighted by atomic mass is 32.2. The zero-order chi connectivity index (χ0) is 18.4. The molecule has 1 fully saturated rings. The summed E-state index contributed by atoms with van der Waals surface area (Å²) in [5.74, 6) is 0.702. The van der Waals surface area contributed by atoms with Gasteiger partial charge >= 0.3 is 0 Å². The largest absolute Gasteiger partial charge is 0.342 e. The van der Waals surface area contributed by atoms with E-state index < -0.39 is 0 Å². The van der Waals surface area contributed by atoms with Crippen molar-refractivity contribution in [2.45, 2.75) is 38.1 Å². The summed E-state index contributed by atoms with van der Waals surface area (Å²) in [6.07, 6.45) is 5.92. The Hall–Kier alpha value is -2.01. The number of amides is 2. The summed E-state index contributed by atoms with van der Waals surface area (Å²) in [5, 5.41) is 5.16. The van der Waals surface area contributed by atoms with Crippen molar-refractivity contribution < 1.29 is 9.59 Å². The molecule has 2 amide bonds. The van der Waals surface area contributed by atoms with Crippen molar-refractivity contribution in [2.75, 3.05) is 23.9 Å². The highest BCUT2D eigenvalue weighted by Crippen LogP contribution is 2.22. The van der Waals surface area contributed by atoms with Crippen molar-refractivity contribution in [3.05, 3.63) is 42.5 Å². The zero-order valence-electron chi connectivity index (χ0n) is 15.2. The van der Waals surface area contributed by atoms with E-state index in [1.165, 1.54) is 31.0 Å². The fourth-order valence-electron chi connectivity index (χ4n) is 3.47. The van der Waals surface area contributed by atoms with Crippen LogP contribution in [-0.4, -0.2) is 41.3 Å². The van der Waals surface area contributed by atoms with Crippen LogP contribution < -0.4 is 5.32 Å². The first-order chi connectivity index (χ1) is 12.6. The number of carbonyl (C=O) groups is 2. The molecule has 0 radical (unpaired) electrons. The number of fused-ring (bicyclic) bond motifs is 1.